The van der Waals surface area contributed by atoms with Crippen molar-refractivity contribution >= 4 is 17.5 Å². The molecule has 0 aliphatic heterocycles. The maximum atomic E-state index is 12.1. The van der Waals surface area contributed by atoms with Crippen LogP contribution in [0.4, 0.5) is 0 Å². The lowest BCUT2D eigenvalue weighted by Crippen LogP contribution is -2.41. The summed E-state index contributed by atoms with van der Waals surface area (Å²) in [5.74, 6) is -1.48. The van der Waals surface area contributed by atoms with Gasteiger partial charge in [-0.1, -0.05) is 42.5 Å². The molecule has 0 aromatic heterocycles. The van der Waals surface area contributed by atoms with Gasteiger partial charge < -0.3 is 9.47 Å². The van der Waals surface area contributed by atoms with Crippen molar-refractivity contribution in [1.82, 2.24) is 0 Å². The Bertz CT molecular complexity index is 679. The van der Waals surface area contributed by atoms with Gasteiger partial charge in [0.2, 0.25) is 0 Å². The molecular formula is C17H15NO4. The number of carbonyl (C=O) groups excluding carboxylic acids is 2. The molecule has 1 aliphatic rings. The lowest BCUT2D eigenvalue weighted by atomic mass is 9.75. The number of benzene rings is 1. The maximum absolute atomic E-state index is 12.1. The van der Waals surface area contributed by atoms with E-state index in [1.54, 1.807) is 6.08 Å². The van der Waals surface area contributed by atoms with Crippen LogP contribution in [0.5, 0.6) is 0 Å². The van der Waals surface area contributed by atoms with Crippen LogP contribution in [0.2, 0.25) is 0 Å². The molecule has 0 saturated carbocycles. The number of methoxy groups -OCH3 is 2. The largest absolute Gasteiger partial charge is 0.468 e. The zero-order valence-corrected chi connectivity index (χ0v) is 12.3. The number of nitriles is 1. The molecule has 2 rings (SSSR count). The third-order valence-corrected chi connectivity index (χ3v) is 3.63. The Morgan fingerprint density at radius 2 is 1.73 bits per heavy atom. The third kappa shape index (κ3) is 2.51. The molecule has 0 bridgehead atoms. The Morgan fingerprint density at radius 1 is 1.14 bits per heavy atom. The molecule has 0 spiro atoms. The molecule has 0 N–H and O–H groups in total. The summed E-state index contributed by atoms with van der Waals surface area (Å²) < 4.78 is 9.45. The minimum Gasteiger partial charge on any atom is -0.468 e. The van der Waals surface area contributed by atoms with Gasteiger partial charge in [0.15, 0.2) is 5.41 Å². The van der Waals surface area contributed by atoms with Gasteiger partial charge in [-0.2, -0.15) is 5.26 Å². The highest BCUT2D eigenvalue weighted by molar-refractivity contribution is 6.04. The lowest BCUT2D eigenvalue weighted by Gasteiger charge is -2.28. The van der Waals surface area contributed by atoms with Gasteiger partial charge in [0.1, 0.15) is 0 Å². The molecule has 0 radical (unpaired) electrons. The van der Waals surface area contributed by atoms with E-state index in [0.717, 1.165) is 5.56 Å². The molecule has 1 aromatic rings. The Balaban J connectivity index is 2.51. The van der Waals surface area contributed by atoms with Gasteiger partial charge in [-0.05, 0) is 11.1 Å². The summed E-state index contributed by atoms with van der Waals surface area (Å²) >= 11 is 0. The summed E-state index contributed by atoms with van der Waals surface area (Å²) in [5.41, 5.74) is 0.266. The smallest absolute Gasteiger partial charge is 0.327 e. The molecule has 112 valence electrons. The molecule has 5 heteroatoms. The lowest BCUT2D eigenvalue weighted by molar-refractivity contribution is -0.165. The number of nitrogens with zero attached hydrogens (tertiary/aromatic N) is 1. The molecule has 0 amide bonds. The van der Waals surface area contributed by atoms with Crippen LogP contribution in [0.25, 0.3) is 5.57 Å². The highest BCUT2D eigenvalue weighted by Crippen LogP contribution is 2.39. The van der Waals surface area contributed by atoms with Crippen molar-refractivity contribution in [3.05, 3.63) is 53.6 Å². The number of esters is 2. The van der Waals surface area contributed by atoms with Crippen molar-refractivity contribution in [3.63, 3.8) is 0 Å². The first-order valence-electron chi connectivity index (χ1n) is 6.64. The summed E-state index contributed by atoms with van der Waals surface area (Å²) in [6.45, 7) is 0. The van der Waals surface area contributed by atoms with Crippen LogP contribution in [0, 0.1) is 16.7 Å². The van der Waals surface area contributed by atoms with Crippen molar-refractivity contribution in [3.8, 4) is 6.07 Å². The first-order chi connectivity index (χ1) is 10.6. The molecule has 5 nitrogen and oxygen atoms in total. The van der Waals surface area contributed by atoms with Gasteiger partial charge >= 0.3 is 11.9 Å². The van der Waals surface area contributed by atoms with Crippen molar-refractivity contribution in [1.29, 1.82) is 5.26 Å². The number of hydrogen-bond acceptors (Lipinski definition) is 5. The van der Waals surface area contributed by atoms with E-state index in [2.05, 4.69) is 6.07 Å². The van der Waals surface area contributed by atoms with Crippen molar-refractivity contribution in [2.24, 2.45) is 5.41 Å². The predicted molar refractivity (Wildman–Crippen MR) is 79.2 cm³/mol. The van der Waals surface area contributed by atoms with Crippen LogP contribution in [0.15, 0.2) is 48.1 Å². The number of carbonyl (C=O) groups is 2. The van der Waals surface area contributed by atoms with Crippen LogP contribution < -0.4 is 0 Å². The van der Waals surface area contributed by atoms with Crippen LogP contribution in [0.1, 0.15) is 12.0 Å². The summed E-state index contributed by atoms with van der Waals surface area (Å²) in [6, 6.07) is 11.4. The molecule has 1 aliphatic carbocycles. The predicted octanol–water partition coefficient (Wildman–Crippen LogP) is 2.26. The van der Waals surface area contributed by atoms with E-state index in [9.17, 15) is 14.9 Å². The van der Waals surface area contributed by atoms with E-state index < -0.39 is 17.4 Å². The highest BCUT2D eigenvalue weighted by atomic mass is 16.5. The second-order valence-electron chi connectivity index (χ2n) is 4.83. The molecule has 0 saturated heterocycles. The van der Waals surface area contributed by atoms with Gasteiger partial charge in [0, 0.05) is 12.0 Å². The first kappa shape index (κ1) is 15.5. The summed E-state index contributed by atoms with van der Waals surface area (Å²) in [7, 11) is 2.40. The number of ether oxygens (including phenoxy) is 2. The van der Waals surface area contributed by atoms with E-state index in [1.807, 2.05) is 30.3 Å². The summed E-state index contributed by atoms with van der Waals surface area (Å²) in [4.78, 5) is 24.2. The molecule has 0 heterocycles. The number of allylic oxidation sites excluding steroid dienone is 3. The van der Waals surface area contributed by atoms with Crippen molar-refractivity contribution in [2.45, 2.75) is 6.42 Å². The third-order valence-electron chi connectivity index (χ3n) is 3.63. The number of rotatable bonds is 3. The molecule has 0 fully saturated rings. The van der Waals surface area contributed by atoms with E-state index in [-0.39, 0.29) is 6.42 Å². The van der Waals surface area contributed by atoms with Gasteiger partial charge in [0.05, 0.1) is 20.3 Å². The van der Waals surface area contributed by atoms with E-state index in [0.29, 0.717) is 11.1 Å². The number of hydrogen-bond donors (Lipinski definition) is 0. The van der Waals surface area contributed by atoms with Crippen LogP contribution in [-0.2, 0) is 19.1 Å². The SMILES string of the molecule is COC(=O)C1(C(=O)OC)C=CC(c2ccccc2)=C(C#N)C1. The maximum Gasteiger partial charge on any atom is 0.327 e. The van der Waals surface area contributed by atoms with Crippen LogP contribution >= 0.6 is 0 Å². The van der Waals surface area contributed by atoms with Gasteiger partial charge in [0.25, 0.3) is 0 Å². The first-order valence-corrected chi connectivity index (χ1v) is 6.64. The molecular weight excluding hydrogens is 282 g/mol. The van der Waals surface area contributed by atoms with Gasteiger partial charge in [-0.25, -0.2) is 0 Å². The molecule has 22 heavy (non-hydrogen) atoms. The molecule has 0 unspecified atom stereocenters. The summed E-state index contributed by atoms with van der Waals surface area (Å²) in [6.07, 6.45) is 2.97. The molecule has 1 aromatic carbocycles. The Hall–Kier alpha value is -2.87. The van der Waals surface area contributed by atoms with E-state index in [1.165, 1.54) is 20.3 Å². The fourth-order valence-electron chi connectivity index (χ4n) is 2.48. The minimum absolute atomic E-state index is 0.0798. The van der Waals surface area contributed by atoms with Crippen LogP contribution in [-0.4, -0.2) is 26.2 Å². The van der Waals surface area contributed by atoms with Crippen LogP contribution in [0.3, 0.4) is 0 Å². The monoisotopic (exact) mass is 297 g/mol. The Morgan fingerprint density at radius 3 is 2.23 bits per heavy atom. The zero-order chi connectivity index (χ0) is 16.2. The Kier molecular flexibility index (Phi) is 4.42. The molecule has 0 atom stereocenters. The fraction of sp³-hybridized carbons (Fsp3) is 0.235. The fourth-order valence-corrected chi connectivity index (χ4v) is 2.48. The quantitative estimate of drug-likeness (QED) is 0.632. The second-order valence-corrected chi connectivity index (χ2v) is 4.83. The normalized spacial score (nSPS) is 15.9. The van der Waals surface area contributed by atoms with E-state index >= 15 is 0 Å². The highest BCUT2D eigenvalue weighted by Gasteiger charge is 2.48. The standard InChI is InChI=1S/C17H15NO4/c1-21-15(19)17(16(20)22-2)9-8-14(13(10-17)11-18)12-6-4-3-5-7-12/h3-9H,10H2,1-2H3. The van der Waals surface area contributed by atoms with E-state index in [4.69, 9.17) is 9.47 Å². The zero-order valence-electron chi connectivity index (χ0n) is 12.3. The van der Waals surface area contributed by atoms with Gasteiger partial charge in [-0.3, -0.25) is 9.59 Å². The van der Waals surface area contributed by atoms with Crippen molar-refractivity contribution in [2.75, 3.05) is 14.2 Å². The second kappa shape index (κ2) is 6.27. The minimum atomic E-state index is -1.60. The Labute approximate surface area is 128 Å². The average molecular weight is 297 g/mol. The summed E-state index contributed by atoms with van der Waals surface area (Å²) in [5, 5.41) is 9.42. The van der Waals surface area contributed by atoms with Gasteiger partial charge in [-0.15, -0.1) is 0 Å². The van der Waals surface area contributed by atoms with Crippen molar-refractivity contribution < 1.29 is 19.1 Å². The average Bonchev–Trinajstić information content (AvgIpc) is 2.60. The topological polar surface area (TPSA) is 76.4 Å².